The molecule has 0 spiro atoms. The fourth-order valence-electron chi connectivity index (χ4n) is 1.90. The molecule has 4 heteroatoms. The van der Waals surface area contributed by atoms with E-state index in [4.69, 9.17) is 4.74 Å². The molecule has 1 aromatic carbocycles. The predicted molar refractivity (Wildman–Crippen MR) is 84.3 cm³/mol. The van der Waals surface area contributed by atoms with Crippen molar-refractivity contribution in [2.45, 2.75) is 58.2 Å². The van der Waals surface area contributed by atoms with Crippen LogP contribution in [-0.2, 0) is 11.3 Å². The molecule has 1 aromatic rings. The number of benzene rings is 1. The van der Waals surface area contributed by atoms with E-state index in [1.165, 1.54) is 18.4 Å². The highest BCUT2D eigenvalue weighted by Gasteiger charge is 2.20. The summed E-state index contributed by atoms with van der Waals surface area (Å²) in [5.74, 6) is 0.649. The molecule has 1 aliphatic rings. The second kappa shape index (κ2) is 6.94. The van der Waals surface area contributed by atoms with Crippen molar-refractivity contribution in [2.24, 2.45) is 0 Å². The van der Waals surface area contributed by atoms with Gasteiger partial charge in [0.1, 0.15) is 5.75 Å². The van der Waals surface area contributed by atoms with Crippen molar-refractivity contribution in [3.8, 4) is 5.75 Å². The van der Waals surface area contributed by atoms with Crippen molar-refractivity contribution in [2.75, 3.05) is 6.61 Å². The molecule has 0 heterocycles. The lowest BCUT2D eigenvalue weighted by Gasteiger charge is -2.24. The summed E-state index contributed by atoms with van der Waals surface area (Å²) in [6.45, 7) is 7.02. The third-order valence-corrected chi connectivity index (χ3v) is 3.83. The summed E-state index contributed by atoms with van der Waals surface area (Å²) in [7, 11) is 0. The molecule has 2 N–H and O–H groups in total. The summed E-state index contributed by atoms with van der Waals surface area (Å²) in [6.07, 6.45) is 3.48. The third kappa shape index (κ3) is 5.76. The van der Waals surface area contributed by atoms with E-state index in [0.717, 1.165) is 18.7 Å². The van der Waals surface area contributed by atoms with Gasteiger partial charge in [-0.2, -0.15) is 0 Å². The Balaban J connectivity index is 1.73. The van der Waals surface area contributed by atoms with E-state index in [1.807, 2.05) is 38.1 Å². The number of carbonyl (C=O) groups is 1. The lowest BCUT2D eigenvalue weighted by molar-refractivity contribution is -0.124. The van der Waals surface area contributed by atoms with Gasteiger partial charge in [-0.25, -0.2) is 0 Å². The van der Waals surface area contributed by atoms with Gasteiger partial charge in [0.15, 0.2) is 6.61 Å². The monoisotopic (exact) mass is 290 g/mol. The first-order valence-corrected chi connectivity index (χ1v) is 7.74. The van der Waals surface area contributed by atoms with Crippen molar-refractivity contribution in [1.29, 1.82) is 0 Å². The van der Waals surface area contributed by atoms with Crippen molar-refractivity contribution in [1.82, 2.24) is 10.6 Å². The minimum Gasteiger partial charge on any atom is -0.484 e. The highest BCUT2D eigenvalue weighted by atomic mass is 16.5. The molecule has 2 rings (SSSR count). The van der Waals surface area contributed by atoms with Gasteiger partial charge in [0.2, 0.25) is 0 Å². The minimum absolute atomic E-state index is 0.0586. The molecule has 0 aliphatic heterocycles. The second-order valence-electron chi connectivity index (χ2n) is 6.37. The number of hydrogen-bond donors (Lipinski definition) is 2. The largest absolute Gasteiger partial charge is 0.484 e. The molecular formula is C17H26N2O2. The smallest absolute Gasteiger partial charge is 0.258 e. The van der Waals surface area contributed by atoms with Crippen LogP contribution in [0.2, 0.25) is 0 Å². The van der Waals surface area contributed by atoms with Crippen molar-refractivity contribution in [3.05, 3.63) is 29.8 Å². The predicted octanol–water partition coefficient (Wildman–Crippen LogP) is 2.62. The van der Waals surface area contributed by atoms with Crippen LogP contribution >= 0.6 is 0 Å². The van der Waals surface area contributed by atoms with Gasteiger partial charge >= 0.3 is 0 Å². The SMILES string of the molecule is CCC(C)(C)NC(=O)COc1ccc(CNC2CC2)cc1. The quantitative estimate of drug-likeness (QED) is 0.774. The molecule has 0 saturated heterocycles. The summed E-state index contributed by atoms with van der Waals surface area (Å²) in [4.78, 5) is 11.8. The topological polar surface area (TPSA) is 50.4 Å². The van der Waals surface area contributed by atoms with Crippen LogP contribution in [0.25, 0.3) is 0 Å². The van der Waals surface area contributed by atoms with Crippen LogP contribution in [0, 0.1) is 0 Å². The maximum absolute atomic E-state index is 11.8. The Labute approximate surface area is 127 Å². The summed E-state index contributed by atoms with van der Waals surface area (Å²) in [5.41, 5.74) is 1.06. The van der Waals surface area contributed by atoms with Crippen LogP contribution in [0.3, 0.4) is 0 Å². The first-order valence-electron chi connectivity index (χ1n) is 7.74. The van der Waals surface area contributed by atoms with Crippen LogP contribution < -0.4 is 15.4 Å². The van der Waals surface area contributed by atoms with E-state index >= 15 is 0 Å². The zero-order valence-electron chi connectivity index (χ0n) is 13.2. The van der Waals surface area contributed by atoms with Gasteiger partial charge in [0.05, 0.1) is 0 Å². The minimum atomic E-state index is -0.182. The van der Waals surface area contributed by atoms with Crippen LogP contribution in [0.1, 0.15) is 45.6 Å². The zero-order chi connectivity index (χ0) is 15.3. The van der Waals surface area contributed by atoms with E-state index in [0.29, 0.717) is 6.04 Å². The highest BCUT2D eigenvalue weighted by molar-refractivity contribution is 5.78. The Morgan fingerprint density at radius 2 is 1.95 bits per heavy atom. The van der Waals surface area contributed by atoms with Gasteiger partial charge in [-0.1, -0.05) is 19.1 Å². The molecule has 0 atom stereocenters. The van der Waals surface area contributed by atoms with Gasteiger partial charge in [0.25, 0.3) is 5.91 Å². The Bertz CT molecular complexity index is 464. The third-order valence-electron chi connectivity index (χ3n) is 3.83. The maximum Gasteiger partial charge on any atom is 0.258 e. The number of hydrogen-bond acceptors (Lipinski definition) is 3. The number of carbonyl (C=O) groups excluding carboxylic acids is 1. The molecule has 1 aliphatic carbocycles. The number of nitrogens with one attached hydrogen (secondary N) is 2. The van der Waals surface area contributed by atoms with Crippen molar-refractivity contribution in [3.63, 3.8) is 0 Å². The van der Waals surface area contributed by atoms with Crippen molar-refractivity contribution >= 4 is 5.91 Å². The van der Waals surface area contributed by atoms with Crippen LogP contribution in [0.4, 0.5) is 0 Å². The number of amides is 1. The first-order chi connectivity index (χ1) is 9.98. The van der Waals surface area contributed by atoms with E-state index < -0.39 is 0 Å². The maximum atomic E-state index is 11.8. The molecule has 1 amide bonds. The Morgan fingerprint density at radius 1 is 1.29 bits per heavy atom. The van der Waals surface area contributed by atoms with Gasteiger partial charge in [-0.15, -0.1) is 0 Å². The standard InChI is InChI=1S/C17H26N2O2/c1-4-17(2,3)19-16(20)12-21-15-9-5-13(6-10-15)11-18-14-7-8-14/h5-6,9-10,14,18H,4,7-8,11-12H2,1-3H3,(H,19,20). The Hall–Kier alpha value is -1.55. The molecular weight excluding hydrogens is 264 g/mol. The molecule has 0 radical (unpaired) electrons. The van der Waals surface area contributed by atoms with E-state index in [-0.39, 0.29) is 18.1 Å². The lowest BCUT2D eigenvalue weighted by atomic mass is 10.0. The van der Waals surface area contributed by atoms with Gasteiger partial charge in [0, 0.05) is 18.1 Å². The summed E-state index contributed by atoms with van der Waals surface area (Å²) < 4.78 is 5.52. The zero-order valence-corrected chi connectivity index (χ0v) is 13.2. The fourth-order valence-corrected chi connectivity index (χ4v) is 1.90. The van der Waals surface area contributed by atoms with Crippen LogP contribution in [0.5, 0.6) is 5.75 Å². The molecule has 116 valence electrons. The Kier molecular flexibility index (Phi) is 5.23. The molecule has 1 saturated carbocycles. The van der Waals surface area contributed by atoms with Crippen LogP contribution in [-0.4, -0.2) is 24.1 Å². The summed E-state index contributed by atoms with van der Waals surface area (Å²) in [5, 5.41) is 6.42. The molecule has 21 heavy (non-hydrogen) atoms. The summed E-state index contributed by atoms with van der Waals surface area (Å²) in [6, 6.07) is 8.63. The molecule has 4 nitrogen and oxygen atoms in total. The van der Waals surface area contributed by atoms with Gasteiger partial charge in [-0.3, -0.25) is 4.79 Å². The van der Waals surface area contributed by atoms with E-state index in [1.54, 1.807) is 0 Å². The average Bonchev–Trinajstić information content (AvgIpc) is 3.28. The summed E-state index contributed by atoms with van der Waals surface area (Å²) >= 11 is 0. The van der Waals surface area contributed by atoms with Gasteiger partial charge in [-0.05, 0) is 50.8 Å². The second-order valence-corrected chi connectivity index (χ2v) is 6.37. The van der Waals surface area contributed by atoms with E-state index in [2.05, 4.69) is 17.6 Å². The molecule has 1 fully saturated rings. The van der Waals surface area contributed by atoms with Crippen LogP contribution in [0.15, 0.2) is 24.3 Å². The molecule has 0 unspecified atom stereocenters. The fraction of sp³-hybridized carbons (Fsp3) is 0.588. The van der Waals surface area contributed by atoms with E-state index in [9.17, 15) is 4.79 Å². The Morgan fingerprint density at radius 3 is 2.52 bits per heavy atom. The first kappa shape index (κ1) is 15.8. The average molecular weight is 290 g/mol. The van der Waals surface area contributed by atoms with Gasteiger partial charge < -0.3 is 15.4 Å². The normalized spacial score (nSPS) is 14.8. The van der Waals surface area contributed by atoms with Crippen molar-refractivity contribution < 1.29 is 9.53 Å². The highest BCUT2D eigenvalue weighted by Crippen LogP contribution is 2.20. The number of ether oxygens (including phenoxy) is 1. The molecule has 0 aromatic heterocycles. The number of rotatable bonds is 8. The lowest BCUT2D eigenvalue weighted by Crippen LogP contribution is -2.44. The molecule has 0 bridgehead atoms.